The van der Waals surface area contributed by atoms with Gasteiger partial charge >= 0.3 is 11.9 Å². The lowest BCUT2D eigenvalue weighted by atomic mass is 9.49. The molecule has 4 heteroatoms. The minimum Gasteiger partial charge on any atom is -0.481 e. The van der Waals surface area contributed by atoms with Crippen LogP contribution in [0.5, 0.6) is 0 Å². The van der Waals surface area contributed by atoms with Crippen molar-refractivity contribution in [2.24, 2.45) is 29.1 Å². The molecule has 4 aliphatic rings. The van der Waals surface area contributed by atoms with Crippen molar-refractivity contribution < 1.29 is 19.4 Å². The molecule has 4 rings (SSSR count). The van der Waals surface area contributed by atoms with Gasteiger partial charge in [0.2, 0.25) is 0 Å². The predicted molar refractivity (Wildman–Crippen MR) is 86.8 cm³/mol. The van der Waals surface area contributed by atoms with E-state index in [0.29, 0.717) is 18.3 Å². The largest absolute Gasteiger partial charge is 0.481 e. The van der Waals surface area contributed by atoms with E-state index in [9.17, 15) is 14.7 Å². The summed E-state index contributed by atoms with van der Waals surface area (Å²) in [5, 5.41) is 9.18. The van der Waals surface area contributed by atoms with Crippen LogP contribution in [-0.2, 0) is 14.3 Å². The van der Waals surface area contributed by atoms with E-state index < -0.39 is 17.0 Å². The summed E-state index contributed by atoms with van der Waals surface area (Å²) in [6.07, 6.45) is 7.13. The zero-order valence-corrected chi connectivity index (χ0v) is 14.6. The second kappa shape index (κ2) is 5.78. The number of esters is 1. The van der Waals surface area contributed by atoms with Gasteiger partial charge in [-0.2, -0.15) is 0 Å². The summed E-state index contributed by atoms with van der Waals surface area (Å²) >= 11 is 0. The number of carboxylic acids is 1. The van der Waals surface area contributed by atoms with Crippen molar-refractivity contribution in [2.75, 3.05) is 0 Å². The third kappa shape index (κ3) is 2.89. The van der Waals surface area contributed by atoms with Gasteiger partial charge < -0.3 is 9.84 Å². The number of hydrogen-bond donors (Lipinski definition) is 1. The van der Waals surface area contributed by atoms with Crippen molar-refractivity contribution in [3.05, 3.63) is 0 Å². The summed E-state index contributed by atoms with van der Waals surface area (Å²) in [6, 6.07) is 0. The van der Waals surface area contributed by atoms with Crippen LogP contribution in [0, 0.1) is 29.1 Å². The van der Waals surface area contributed by atoms with Crippen molar-refractivity contribution in [3.63, 3.8) is 0 Å². The van der Waals surface area contributed by atoms with Crippen LogP contribution in [0.4, 0.5) is 0 Å². The normalized spacial score (nSPS) is 38.6. The topological polar surface area (TPSA) is 63.6 Å². The molecule has 1 N–H and O–H groups in total. The first kappa shape index (κ1) is 16.8. The highest BCUT2D eigenvalue weighted by atomic mass is 16.6. The number of carbonyl (C=O) groups is 2. The molecule has 4 nitrogen and oxygen atoms in total. The van der Waals surface area contributed by atoms with Crippen LogP contribution < -0.4 is 0 Å². The van der Waals surface area contributed by atoms with Gasteiger partial charge in [-0.15, -0.1) is 0 Å². The Labute approximate surface area is 139 Å². The Morgan fingerprint density at radius 3 is 2.04 bits per heavy atom. The molecule has 0 amide bonds. The Hall–Kier alpha value is -1.06. The third-order valence-electron chi connectivity index (χ3n) is 6.97. The number of carbonyl (C=O) groups excluding carboxylic acids is 1. The highest BCUT2D eigenvalue weighted by Gasteiger charge is 2.59. The fraction of sp³-hybridized carbons (Fsp3) is 0.895. The van der Waals surface area contributed by atoms with Crippen molar-refractivity contribution >= 4 is 11.9 Å². The van der Waals surface area contributed by atoms with E-state index in [-0.39, 0.29) is 12.4 Å². The number of carboxylic acid groups (broad SMARTS) is 1. The van der Waals surface area contributed by atoms with E-state index in [1.54, 1.807) is 0 Å². The Morgan fingerprint density at radius 1 is 1.09 bits per heavy atom. The van der Waals surface area contributed by atoms with E-state index >= 15 is 0 Å². The van der Waals surface area contributed by atoms with Crippen molar-refractivity contribution in [1.29, 1.82) is 0 Å². The summed E-state index contributed by atoms with van der Waals surface area (Å²) in [6.45, 7) is 5.86. The number of rotatable bonds is 6. The molecule has 0 spiro atoms. The Kier molecular flexibility index (Phi) is 4.22. The van der Waals surface area contributed by atoms with Crippen LogP contribution >= 0.6 is 0 Å². The molecule has 0 saturated heterocycles. The first-order valence-corrected chi connectivity index (χ1v) is 9.22. The van der Waals surface area contributed by atoms with Crippen molar-refractivity contribution in [1.82, 2.24) is 0 Å². The molecule has 0 heterocycles. The van der Waals surface area contributed by atoms with E-state index in [4.69, 9.17) is 4.74 Å². The molecule has 4 saturated carbocycles. The lowest BCUT2D eigenvalue weighted by Gasteiger charge is -2.60. The summed E-state index contributed by atoms with van der Waals surface area (Å²) in [5.41, 5.74) is -1.01. The zero-order valence-electron chi connectivity index (χ0n) is 14.6. The van der Waals surface area contributed by atoms with Gasteiger partial charge in [-0.05, 0) is 82.5 Å². The van der Waals surface area contributed by atoms with E-state index in [2.05, 4.69) is 0 Å². The molecule has 23 heavy (non-hydrogen) atoms. The van der Waals surface area contributed by atoms with Crippen LogP contribution in [0.3, 0.4) is 0 Å². The average molecular weight is 322 g/mol. The number of aliphatic carboxylic acids is 1. The van der Waals surface area contributed by atoms with Crippen molar-refractivity contribution in [3.8, 4) is 0 Å². The fourth-order valence-corrected chi connectivity index (χ4v) is 5.37. The second-order valence-electron chi connectivity index (χ2n) is 8.78. The van der Waals surface area contributed by atoms with Gasteiger partial charge in [0.1, 0.15) is 5.60 Å². The smallest absolute Gasteiger partial charge is 0.312 e. The molecule has 0 radical (unpaired) electrons. The van der Waals surface area contributed by atoms with E-state index in [0.717, 1.165) is 43.9 Å². The molecular formula is C19H30O4. The lowest BCUT2D eigenvalue weighted by molar-refractivity contribution is -0.220. The first-order chi connectivity index (χ1) is 10.8. The van der Waals surface area contributed by atoms with Gasteiger partial charge in [0, 0.05) is 6.42 Å². The lowest BCUT2D eigenvalue weighted by Crippen LogP contribution is -2.60. The number of ether oxygens (including phenoxy) is 1. The summed E-state index contributed by atoms with van der Waals surface area (Å²) < 4.78 is 6.22. The summed E-state index contributed by atoms with van der Waals surface area (Å²) in [4.78, 5) is 23.9. The predicted octanol–water partition coefficient (Wildman–Crippen LogP) is 4.03. The average Bonchev–Trinajstić information content (AvgIpc) is 2.48. The molecule has 0 aromatic rings. The highest BCUT2D eigenvalue weighted by Crippen LogP contribution is 2.61. The molecule has 130 valence electrons. The quantitative estimate of drug-likeness (QED) is 0.750. The first-order valence-electron chi connectivity index (χ1n) is 9.22. The van der Waals surface area contributed by atoms with Gasteiger partial charge in [-0.25, -0.2) is 0 Å². The molecule has 0 aliphatic heterocycles. The van der Waals surface area contributed by atoms with Crippen molar-refractivity contribution in [2.45, 2.75) is 77.7 Å². The maximum atomic E-state index is 12.8. The maximum absolute atomic E-state index is 12.8. The minimum absolute atomic E-state index is 0.0994. The number of hydrogen-bond acceptors (Lipinski definition) is 3. The Morgan fingerprint density at radius 2 is 1.61 bits per heavy atom. The van der Waals surface area contributed by atoms with E-state index in [1.165, 1.54) is 6.42 Å². The molecule has 4 fully saturated rings. The summed E-state index contributed by atoms with van der Waals surface area (Å²) in [7, 11) is 0. The Balaban J connectivity index is 1.86. The monoisotopic (exact) mass is 322 g/mol. The van der Waals surface area contributed by atoms with E-state index in [1.807, 2.05) is 20.8 Å². The molecule has 4 aliphatic carbocycles. The van der Waals surface area contributed by atoms with Crippen LogP contribution in [-0.4, -0.2) is 22.6 Å². The molecule has 4 bridgehead atoms. The molecule has 0 aromatic heterocycles. The van der Waals surface area contributed by atoms with Crippen LogP contribution in [0.1, 0.15) is 72.1 Å². The molecule has 0 aromatic carbocycles. The van der Waals surface area contributed by atoms with Crippen LogP contribution in [0.25, 0.3) is 0 Å². The highest BCUT2D eigenvalue weighted by molar-refractivity contribution is 5.76. The summed E-state index contributed by atoms with van der Waals surface area (Å²) in [5.74, 6) is 1.35. The van der Waals surface area contributed by atoms with Crippen LogP contribution in [0.15, 0.2) is 0 Å². The Bertz CT molecular complexity index is 466. The third-order valence-corrected chi connectivity index (χ3v) is 6.97. The van der Waals surface area contributed by atoms with Gasteiger partial charge in [0.05, 0.1) is 5.41 Å². The van der Waals surface area contributed by atoms with Gasteiger partial charge in [-0.3, -0.25) is 9.59 Å². The second-order valence-corrected chi connectivity index (χ2v) is 8.78. The SMILES string of the molecule is CCC(C)(C)C(=O)OC1(CCC(=O)O)C2CC3CC(C2)CC1C3. The maximum Gasteiger partial charge on any atom is 0.312 e. The van der Waals surface area contributed by atoms with Crippen LogP contribution in [0.2, 0.25) is 0 Å². The molecule has 0 atom stereocenters. The fourth-order valence-electron chi connectivity index (χ4n) is 5.37. The van der Waals surface area contributed by atoms with Gasteiger partial charge in [0.25, 0.3) is 0 Å². The minimum atomic E-state index is -0.788. The van der Waals surface area contributed by atoms with Gasteiger partial charge in [0.15, 0.2) is 0 Å². The van der Waals surface area contributed by atoms with Gasteiger partial charge in [-0.1, -0.05) is 6.92 Å². The molecular weight excluding hydrogens is 292 g/mol. The standard InChI is InChI=1S/C19H30O4/c1-4-18(2,3)17(22)23-19(6-5-16(20)21)14-8-12-7-13(10-14)11-15(19)9-12/h12-15H,4-11H2,1-3H3,(H,20,21). The zero-order chi connectivity index (χ0) is 16.8. The molecule has 0 unspecified atom stereocenters.